The summed E-state index contributed by atoms with van der Waals surface area (Å²) in [4.78, 5) is 19.8. The Hall–Kier alpha value is -3.09. The summed E-state index contributed by atoms with van der Waals surface area (Å²) in [5, 5.41) is 7.56. The minimum absolute atomic E-state index is 0.0394. The zero-order chi connectivity index (χ0) is 20.2. The number of hydrogen-bond acceptors (Lipinski definition) is 3. The number of imidazole rings is 1. The van der Waals surface area contributed by atoms with E-state index in [0.29, 0.717) is 6.42 Å². The number of nitrogens with one attached hydrogen (secondary N) is 1. The average Bonchev–Trinajstić information content (AvgIpc) is 3.36. The maximum absolute atomic E-state index is 13.3. The van der Waals surface area contributed by atoms with E-state index in [4.69, 9.17) is 0 Å². The second kappa shape index (κ2) is 8.51. The summed E-state index contributed by atoms with van der Waals surface area (Å²) >= 11 is 0. The Morgan fingerprint density at radius 2 is 2.07 bits per heavy atom. The molecule has 2 amide bonds. The second-order valence-electron chi connectivity index (χ2n) is 7.74. The minimum atomic E-state index is -0.193. The number of rotatable bonds is 5. The van der Waals surface area contributed by atoms with Gasteiger partial charge in [0.05, 0.1) is 18.3 Å². The summed E-state index contributed by atoms with van der Waals surface area (Å²) < 4.78 is 3.77. The Labute approximate surface area is 171 Å². The molecule has 0 saturated carbocycles. The van der Waals surface area contributed by atoms with Crippen molar-refractivity contribution in [2.75, 3.05) is 6.54 Å². The van der Waals surface area contributed by atoms with E-state index in [2.05, 4.69) is 27.5 Å². The quantitative estimate of drug-likeness (QED) is 0.724. The average molecular weight is 393 g/mol. The number of hydrogen-bond donors (Lipinski definition) is 1. The number of piperidine rings is 1. The van der Waals surface area contributed by atoms with Gasteiger partial charge in [-0.15, -0.1) is 0 Å². The number of amides is 2. The van der Waals surface area contributed by atoms with Crippen LogP contribution < -0.4 is 5.32 Å². The molecule has 1 fully saturated rings. The zero-order valence-corrected chi connectivity index (χ0v) is 17.0. The molecule has 7 heteroatoms. The Morgan fingerprint density at radius 3 is 2.76 bits per heavy atom. The lowest BCUT2D eigenvalue weighted by Gasteiger charge is -2.36. The van der Waals surface area contributed by atoms with Crippen LogP contribution in [0.15, 0.2) is 55.1 Å². The molecule has 0 bridgehead atoms. The van der Waals surface area contributed by atoms with Crippen LogP contribution in [0.3, 0.4) is 0 Å². The molecule has 0 spiro atoms. The third-order valence-corrected chi connectivity index (χ3v) is 5.62. The molecule has 29 heavy (non-hydrogen) atoms. The van der Waals surface area contributed by atoms with Crippen molar-refractivity contribution in [3.05, 3.63) is 72.1 Å². The molecule has 4 rings (SSSR count). The fourth-order valence-electron chi connectivity index (χ4n) is 4.13. The van der Waals surface area contributed by atoms with E-state index in [0.717, 1.165) is 37.2 Å². The van der Waals surface area contributed by atoms with E-state index in [9.17, 15) is 4.79 Å². The standard InChI is InChI=1S/C22H28N6O/c1-26-13-11-23-21(26)19(14-17-8-4-3-5-9-17)25-22(29)28-12-7-6-10-20(28)18-15-24-27(2)16-18/h3-5,8-9,11,13,15-16,19-20H,6-7,10,12,14H2,1-2H3,(H,25,29). The highest BCUT2D eigenvalue weighted by Gasteiger charge is 2.31. The van der Waals surface area contributed by atoms with Gasteiger partial charge in [0.1, 0.15) is 5.82 Å². The molecule has 3 heterocycles. The van der Waals surface area contributed by atoms with E-state index in [1.165, 1.54) is 5.56 Å². The highest BCUT2D eigenvalue weighted by Crippen LogP contribution is 2.31. The normalized spacial score (nSPS) is 17.9. The molecule has 1 aromatic carbocycles. The van der Waals surface area contributed by atoms with Crippen LogP contribution in [0.1, 0.15) is 48.3 Å². The molecule has 1 aliphatic heterocycles. The highest BCUT2D eigenvalue weighted by molar-refractivity contribution is 5.75. The maximum atomic E-state index is 13.3. The van der Waals surface area contributed by atoms with Crippen molar-refractivity contribution in [1.82, 2.24) is 29.5 Å². The monoisotopic (exact) mass is 392 g/mol. The van der Waals surface area contributed by atoms with Crippen molar-refractivity contribution < 1.29 is 4.79 Å². The van der Waals surface area contributed by atoms with Crippen molar-refractivity contribution >= 4 is 6.03 Å². The lowest BCUT2D eigenvalue weighted by atomic mass is 9.98. The van der Waals surface area contributed by atoms with Crippen molar-refractivity contribution in [1.29, 1.82) is 0 Å². The van der Waals surface area contributed by atoms with E-state index >= 15 is 0 Å². The summed E-state index contributed by atoms with van der Waals surface area (Å²) in [5.41, 5.74) is 2.27. The lowest BCUT2D eigenvalue weighted by molar-refractivity contribution is 0.147. The summed E-state index contributed by atoms with van der Waals surface area (Å²) in [6, 6.07) is 10.1. The third-order valence-electron chi connectivity index (χ3n) is 5.62. The summed E-state index contributed by atoms with van der Waals surface area (Å²) in [6.45, 7) is 0.754. The highest BCUT2D eigenvalue weighted by atomic mass is 16.2. The first kappa shape index (κ1) is 19.2. The predicted octanol–water partition coefficient (Wildman–Crippen LogP) is 3.37. The summed E-state index contributed by atoms with van der Waals surface area (Å²) in [6.07, 6.45) is 11.4. The first-order valence-electron chi connectivity index (χ1n) is 10.2. The van der Waals surface area contributed by atoms with Gasteiger partial charge in [-0.05, 0) is 31.2 Å². The molecule has 1 N–H and O–H groups in total. The fourth-order valence-corrected chi connectivity index (χ4v) is 4.13. The molecule has 0 aliphatic carbocycles. The number of likely N-dealkylation sites (tertiary alicyclic amines) is 1. The van der Waals surface area contributed by atoms with Gasteiger partial charge >= 0.3 is 6.03 Å². The van der Waals surface area contributed by atoms with Crippen molar-refractivity contribution in [3.8, 4) is 0 Å². The lowest BCUT2D eigenvalue weighted by Crippen LogP contribution is -2.46. The molecule has 7 nitrogen and oxygen atoms in total. The topological polar surface area (TPSA) is 68.0 Å². The van der Waals surface area contributed by atoms with Crippen LogP contribution in [-0.2, 0) is 20.5 Å². The number of carbonyl (C=O) groups is 1. The van der Waals surface area contributed by atoms with E-state index < -0.39 is 0 Å². The smallest absolute Gasteiger partial charge is 0.318 e. The van der Waals surface area contributed by atoms with Gasteiger partial charge in [-0.3, -0.25) is 4.68 Å². The van der Waals surface area contributed by atoms with Crippen LogP contribution in [0, 0.1) is 0 Å². The van der Waals surface area contributed by atoms with Crippen LogP contribution in [0.4, 0.5) is 4.79 Å². The van der Waals surface area contributed by atoms with E-state index in [1.54, 1.807) is 10.9 Å². The first-order valence-corrected chi connectivity index (χ1v) is 10.2. The molecule has 1 aliphatic rings. The predicted molar refractivity (Wildman–Crippen MR) is 111 cm³/mol. The van der Waals surface area contributed by atoms with E-state index in [1.807, 2.05) is 60.4 Å². The van der Waals surface area contributed by atoms with Crippen molar-refractivity contribution in [3.63, 3.8) is 0 Å². The third kappa shape index (κ3) is 4.34. The molecule has 3 aromatic rings. The SMILES string of the molecule is Cn1cc(C2CCCCN2C(=O)NC(Cc2ccccc2)c2nccn2C)cn1. The van der Waals surface area contributed by atoms with Gasteiger partial charge < -0.3 is 14.8 Å². The van der Waals surface area contributed by atoms with Gasteiger partial charge in [0, 0.05) is 44.8 Å². The second-order valence-corrected chi connectivity index (χ2v) is 7.74. The molecule has 152 valence electrons. The van der Waals surface area contributed by atoms with Crippen molar-refractivity contribution in [2.24, 2.45) is 14.1 Å². The largest absolute Gasteiger partial charge is 0.336 e. The number of nitrogens with zero attached hydrogens (tertiary/aromatic N) is 5. The maximum Gasteiger partial charge on any atom is 0.318 e. The zero-order valence-electron chi connectivity index (χ0n) is 17.0. The van der Waals surface area contributed by atoms with Gasteiger partial charge in [-0.2, -0.15) is 5.10 Å². The number of aromatic nitrogens is 4. The summed E-state index contributed by atoms with van der Waals surface area (Å²) in [7, 11) is 3.87. The van der Waals surface area contributed by atoms with Crippen LogP contribution in [0.2, 0.25) is 0 Å². The van der Waals surface area contributed by atoms with Gasteiger partial charge in [0.25, 0.3) is 0 Å². The van der Waals surface area contributed by atoms with Gasteiger partial charge in [-0.1, -0.05) is 30.3 Å². The molecule has 1 saturated heterocycles. The molecule has 2 atom stereocenters. The van der Waals surface area contributed by atoms with Crippen LogP contribution in [0.5, 0.6) is 0 Å². The Kier molecular flexibility index (Phi) is 5.64. The minimum Gasteiger partial charge on any atom is -0.336 e. The molecular weight excluding hydrogens is 364 g/mol. The number of urea groups is 1. The number of benzene rings is 1. The Bertz CT molecular complexity index is 947. The van der Waals surface area contributed by atoms with E-state index in [-0.39, 0.29) is 18.1 Å². The molecule has 2 aromatic heterocycles. The van der Waals surface area contributed by atoms with Crippen LogP contribution in [0.25, 0.3) is 0 Å². The number of aryl methyl sites for hydroxylation is 2. The Balaban J connectivity index is 1.55. The van der Waals surface area contributed by atoms with Crippen molar-refractivity contribution in [2.45, 2.75) is 37.8 Å². The van der Waals surface area contributed by atoms with Gasteiger partial charge in [0.2, 0.25) is 0 Å². The summed E-state index contributed by atoms with van der Waals surface area (Å²) in [5.74, 6) is 0.858. The van der Waals surface area contributed by atoms with Gasteiger partial charge in [-0.25, -0.2) is 9.78 Å². The molecule has 2 unspecified atom stereocenters. The fraction of sp³-hybridized carbons (Fsp3) is 0.409. The molecular formula is C22H28N6O. The molecule has 0 radical (unpaired) electrons. The Morgan fingerprint density at radius 1 is 1.24 bits per heavy atom. The van der Waals surface area contributed by atoms with Gasteiger partial charge in [0.15, 0.2) is 0 Å². The van der Waals surface area contributed by atoms with Crippen LogP contribution in [-0.4, -0.2) is 36.8 Å². The first-order chi connectivity index (χ1) is 14.1. The van der Waals surface area contributed by atoms with Crippen LogP contribution >= 0.6 is 0 Å². The number of carbonyl (C=O) groups excluding carboxylic acids is 1.